The summed E-state index contributed by atoms with van der Waals surface area (Å²) >= 11 is 17.9. The molecule has 0 bridgehead atoms. The van der Waals surface area contributed by atoms with Gasteiger partial charge in [-0.2, -0.15) is 0 Å². The highest BCUT2D eigenvalue weighted by molar-refractivity contribution is 7.92. The first kappa shape index (κ1) is 16.2. The second-order valence-corrected chi connectivity index (χ2v) is 6.79. The maximum Gasteiger partial charge on any atom is 0.263 e. The molecule has 21 heavy (non-hydrogen) atoms. The lowest BCUT2D eigenvalue weighted by Gasteiger charge is -2.12. The molecule has 0 atom stereocenters. The summed E-state index contributed by atoms with van der Waals surface area (Å²) in [7, 11) is -2.51. The summed E-state index contributed by atoms with van der Waals surface area (Å²) in [4.78, 5) is -0.158. The van der Waals surface area contributed by atoms with Gasteiger partial charge in [-0.25, -0.2) is 8.42 Å². The van der Waals surface area contributed by atoms with Crippen LogP contribution in [0.5, 0.6) is 5.75 Å². The maximum absolute atomic E-state index is 12.4. The average Bonchev–Trinajstić information content (AvgIpc) is 2.44. The quantitative estimate of drug-likeness (QED) is 0.869. The number of ether oxygens (including phenoxy) is 1. The minimum absolute atomic E-state index is 0.0289. The van der Waals surface area contributed by atoms with E-state index in [2.05, 4.69) is 4.72 Å². The number of nitrogens with one attached hydrogen (secondary N) is 1. The Kier molecular flexibility index (Phi) is 4.88. The van der Waals surface area contributed by atoms with Gasteiger partial charge in [0, 0.05) is 0 Å². The monoisotopic (exact) mass is 365 g/mol. The zero-order chi connectivity index (χ0) is 15.6. The molecule has 0 unspecified atom stereocenters. The van der Waals surface area contributed by atoms with Crippen LogP contribution in [0.25, 0.3) is 0 Å². The summed E-state index contributed by atoms with van der Waals surface area (Å²) in [6, 6.07) is 9.20. The van der Waals surface area contributed by atoms with E-state index in [1.165, 1.54) is 19.2 Å². The molecule has 1 N–H and O–H groups in total. The lowest BCUT2D eigenvalue weighted by atomic mass is 10.3. The number of halogens is 3. The normalized spacial score (nSPS) is 11.2. The summed E-state index contributed by atoms with van der Waals surface area (Å²) in [6.07, 6.45) is 0. The van der Waals surface area contributed by atoms with E-state index in [1.807, 2.05) is 0 Å². The minimum atomic E-state index is -3.92. The summed E-state index contributed by atoms with van der Waals surface area (Å²) in [5, 5.41) is 0.188. The summed E-state index contributed by atoms with van der Waals surface area (Å²) in [6.45, 7) is 0. The van der Waals surface area contributed by atoms with Crippen molar-refractivity contribution in [1.82, 2.24) is 0 Å². The third kappa shape index (κ3) is 3.37. The van der Waals surface area contributed by atoms with Gasteiger partial charge in [-0.3, -0.25) is 4.72 Å². The van der Waals surface area contributed by atoms with Crippen LogP contribution in [0.1, 0.15) is 0 Å². The van der Waals surface area contributed by atoms with Crippen LogP contribution in [-0.2, 0) is 10.0 Å². The molecule has 0 aliphatic carbocycles. The number of anilines is 1. The van der Waals surface area contributed by atoms with Gasteiger partial charge in [0.25, 0.3) is 10.0 Å². The molecule has 8 heteroatoms. The van der Waals surface area contributed by atoms with E-state index < -0.39 is 10.0 Å². The molecule has 0 aliphatic heterocycles. The molecular formula is C13H10Cl3NO3S. The summed E-state index contributed by atoms with van der Waals surface area (Å²) in [5.41, 5.74) is 0.252. The van der Waals surface area contributed by atoms with Crippen LogP contribution in [0.2, 0.25) is 15.1 Å². The van der Waals surface area contributed by atoms with E-state index in [-0.39, 0.29) is 25.7 Å². The molecule has 2 aromatic carbocycles. The van der Waals surface area contributed by atoms with Crippen LogP contribution < -0.4 is 9.46 Å². The Bertz CT molecular complexity index is 778. The van der Waals surface area contributed by atoms with Crippen molar-refractivity contribution in [2.45, 2.75) is 4.90 Å². The molecule has 112 valence electrons. The molecule has 0 aromatic heterocycles. The highest BCUT2D eigenvalue weighted by Gasteiger charge is 2.22. The van der Waals surface area contributed by atoms with Crippen LogP contribution in [0.15, 0.2) is 41.3 Å². The van der Waals surface area contributed by atoms with Gasteiger partial charge in [0.2, 0.25) is 0 Å². The van der Waals surface area contributed by atoms with Crippen molar-refractivity contribution in [2.24, 2.45) is 0 Å². The molecule has 2 rings (SSSR count). The highest BCUT2D eigenvalue weighted by atomic mass is 35.5. The third-order valence-corrected chi connectivity index (χ3v) is 5.35. The molecule has 0 saturated heterocycles. The highest BCUT2D eigenvalue weighted by Crippen LogP contribution is 2.37. The van der Waals surface area contributed by atoms with E-state index in [9.17, 15) is 8.42 Å². The standard InChI is InChI=1S/C13H10Cl3NO3S/c1-20-10-6-7-11(13(16)12(10)15)21(18,19)17-9-5-3-2-4-8(9)14/h2-7,17H,1H3. The van der Waals surface area contributed by atoms with E-state index in [0.717, 1.165) is 0 Å². The van der Waals surface area contributed by atoms with Gasteiger partial charge in [0.1, 0.15) is 15.7 Å². The van der Waals surface area contributed by atoms with E-state index in [1.54, 1.807) is 24.3 Å². The Labute approximate surface area is 137 Å². The number of methoxy groups -OCH3 is 1. The second-order valence-electron chi connectivity index (χ2n) is 3.98. The summed E-state index contributed by atoms with van der Waals surface area (Å²) < 4.78 is 32.1. The van der Waals surface area contributed by atoms with Gasteiger partial charge >= 0.3 is 0 Å². The maximum atomic E-state index is 12.4. The molecule has 0 radical (unpaired) electrons. The predicted molar refractivity (Wildman–Crippen MR) is 85.3 cm³/mol. The van der Waals surface area contributed by atoms with Crippen molar-refractivity contribution in [3.05, 3.63) is 51.5 Å². The van der Waals surface area contributed by atoms with Crippen molar-refractivity contribution in [1.29, 1.82) is 0 Å². The number of rotatable bonds is 4. The SMILES string of the molecule is COc1ccc(S(=O)(=O)Nc2ccccc2Cl)c(Cl)c1Cl. The van der Waals surface area contributed by atoms with Gasteiger partial charge in [0.05, 0.1) is 22.8 Å². The molecule has 0 fully saturated rings. The molecule has 0 amide bonds. The first-order chi connectivity index (χ1) is 9.86. The van der Waals surface area contributed by atoms with Gasteiger partial charge in [-0.15, -0.1) is 0 Å². The predicted octanol–water partition coefficient (Wildman–Crippen LogP) is 4.46. The fourth-order valence-corrected chi connectivity index (χ4v) is 3.78. The Hall–Kier alpha value is -1.14. The Morgan fingerprint density at radius 2 is 1.67 bits per heavy atom. The van der Waals surface area contributed by atoms with Crippen molar-refractivity contribution in [3.63, 3.8) is 0 Å². The van der Waals surface area contributed by atoms with Crippen LogP contribution in [0, 0.1) is 0 Å². The lowest BCUT2D eigenvalue weighted by molar-refractivity contribution is 0.414. The molecule has 4 nitrogen and oxygen atoms in total. The zero-order valence-electron chi connectivity index (χ0n) is 10.7. The van der Waals surface area contributed by atoms with Crippen molar-refractivity contribution < 1.29 is 13.2 Å². The zero-order valence-corrected chi connectivity index (χ0v) is 13.8. The Morgan fingerprint density at radius 1 is 1.00 bits per heavy atom. The smallest absolute Gasteiger partial charge is 0.263 e. The fourth-order valence-electron chi connectivity index (χ4n) is 1.62. The van der Waals surface area contributed by atoms with Crippen molar-refractivity contribution in [3.8, 4) is 5.75 Å². The van der Waals surface area contributed by atoms with Crippen molar-refractivity contribution in [2.75, 3.05) is 11.8 Å². The number of benzene rings is 2. The topological polar surface area (TPSA) is 55.4 Å². The first-order valence-corrected chi connectivity index (χ1v) is 8.28. The molecule has 0 aliphatic rings. The van der Waals surface area contributed by atoms with Crippen LogP contribution >= 0.6 is 34.8 Å². The summed E-state index contributed by atoms with van der Waals surface area (Å²) in [5.74, 6) is 0.290. The molecular weight excluding hydrogens is 357 g/mol. The van der Waals surface area contributed by atoms with Crippen LogP contribution in [0.4, 0.5) is 5.69 Å². The molecule has 0 heterocycles. The number of para-hydroxylation sites is 1. The molecule has 2 aromatic rings. The number of hydrogen-bond donors (Lipinski definition) is 1. The van der Waals surface area contributed by atoms with Gasteiger partial charge in [-0.05, 0) is 24.3 Å². The second kappa shape index (κ2) is 6.32. The van der Waals surface area contributed by atoms with Crippen LogP contribution in [-0.4, -0.2) is 15.5 Å². The van der Waals surface area contributed by atoms with Gasteiger partial charge in [0.15, 0.2) is 0 Å². The number of sulfonamides is 1. The number of hydrogen-bond acceptors (Lipinski definition) is 3. The molecule has 0 saturated carbocycles. The average molecular weight is 367 g/mol. The minimum Gasteiger partial charge on any atom is -0.495 e. The fraction of sp³-hybridized carbons (Fsp3) is 0.0769. The Morgan fingerprint density at radius 3 is 2.29 bits per heavy atom. The van der Waals surface area contributed by atoms with Gasteiger partial charge in [-0.1, -0.05) is 46.9 Å². The Balaban J connectivity index is 2.46. The third-order valence-electron chi connectivity index (χ3n) is 2.64. The molecule has 0 spiro atoms. The van der Waals surface area contributed by atoms with E-state index >= 15 is 0 Å². The van der Waals surface area contributed by atoms with Crippen LogP contribution in [0.3, 0.4) is 0 Å². The largest absolute Gasteiger partial charge is 0.495 e. The van der Waals surface area contributed by atoms with Crippen molar-refractivity contribution >= 4 is 50.5 Å². The van der Waals surface area contributed by atoms with Gasteiger partial charge < -0.3 is 4.74 Å². The van der Waals surface area contributed by atoms with E-state index in [4.69, 9.17) is 39.5 Å². The lowest BCUT2D eigenvalue weighted by Crippen LogP contribution is -2.14. The van der Waals surface area contributed by atoms with E-state index in [0.29, 0.717) is 5.75 Å². The first-order valence-electron chi connectivity index (χ1n) is 5.66.